The Kier molecular flexibility index (Phi) is 4.67. The van der Waals surface area contributed by atoms with Gasteiger partial charge in [0.05, 0.1) is 6.04 Å². The van der Waals surface area contributed by atoms with Crippen molar-refractivity contribution < 1.29 is 14.4 Å². The Bertz CT molecular complexity index is 286. The molecule has 0 aromatic carbocycles. The zero-order valence-electron chi connectivity index (χ0n) is 9.01. The van der Waals surface area contributed by atoms with Crippen LogP contribution in [-0.4, -0.2) is 29.0 Å². The second kappa shape index (κ2) is 5.79. The molecular formula is C9H17N3O3. The molecule has 0 aliphatic carbocycles. The molecule has 1 aromatic heterocycles. The van der Waals surface area contributed by atoms with Crippen LogP contribution in [0, 0.1) is 0 Å². The van der Waals surface area contributed by atoms with E-state index in [0.717, 1.165) is 6.42 Å². The summed E-state index contributed by atoms with van der Waals surface area (Å²) in [4.78, 5) is 4.13. The summed E-state index contributed by atoms with van der Waals surface area (Å²) in [5, 5.41) is 12.5. The van der Waals surface area contributed by atoms with E-state index < -0.39 is 6.04 Å². The number of methoxy groups -OCH3 is 1. The fraction of sp³-hybridized carbons (Fsp3) is 0.778. The fourth-order valence-corrected chi connectivity index (χ4v) is 1.25. The summed E-state index contributed by atoms with van der Waals surface area (Å²) in [5.41, 5.74) is 5.70. The molecule has 3 N–H and O–H groups in total. The van der Waals surface area contributed by atoms with Gasteiger partial charge in [-0.05, 0) is 12.8 Å². The van der Waals surface area contributed by atoms with Gasteiger partial charge in [-0.15, -0.1) is 0 Å². The van der Waals surface area contributed by atoms with Gasteiger partial charge in [0.15, 0.2) is 0 Å². The van der Waals surface area contributed by atoms with Crippen molar-refractivity contribution in [3.05, 3.63) is 11.7 Å². The van der Waals surface area contributed by atoms with Crippen molar-refractivity contribution in [2.75, 3.05) is 13.7 Å². The molecule has 2 unspecified atom stereocenters. The average molecular weight is 215 g/mol. The summed E-state index contributed by atoms with van der Waals surface area (Å²) in [6.07, 6.45) is 1.01. The van der Waals surface area contributed by atoms with Crippen LogP contribution in [0.2, 0.25) is 0 Å². The van der Waals surface area contributed by atoms with Gasteiger partial charge >= 0.3 is 0 Å². The van der Waals surface area contributed by atoms with Crippen LogP contribution in [0.15, 0.2) is 4.52 Å². The highest BCUT2D eigenvalue weighted by Gasteiger charge is 2.19. The summed E-state index contributed by atoms with van der Waals surface area (Å²) in [5.74, 6) is 0.845. The molecule has 0 aliphatic heterocycles. The molecule has 0 bridgehead atoms. The first kappa shape index (κ1) is 12.1. The average Bonchev–Trinajstić information content (AvgIpc) is 2.69. The molecule has 0 radical (unpaired) electrons. The molecule has 6 nitrogen and oxygen atoms in total. The van der Waals surface area contributed by atoms with Crippen LogP contribution in [0.1, 0.15) is 43.6 Å². The molecule has 0 aliphatic rings. The Balaban J connectivity index is 2.70. The van der Waals surface area contributed by atoms with Gasteiger partial charge in [0.25, 0.3) is 0 Å². The lowest BCUT2D eigenvalue weighted by atomic mass is 10.2. The van der Waals surface area contributed by atoms with Crippen LogP contribution < -0.4 is 5.73 Å². The number of ether oxygens (including phenoxy) is 1. The summed E-state index contributed by atoms with van der Waals surface area (Å²) in [6, 6.07) is -0.411. The van der Waals surface area contributed by atoms with Crippen LogP contribution in [0.5, 0.6) is 0 Å². The second-order valence-electron chi connectivity index (χ2n) is 3.24. The highest BCUT2D eigenvalue weighted by Crippen LogP contribution is 2.19. The molecule has 0 saturated carbocycles. The molecule has 0 amide bonds. The number of rotatable bonds is 6. The standard InChI is InChI=1S/C9H17N3O3/c1-3-7(14-2)8-11-9(15-12-8)6(10)4-5-13/h6-7,13H,3-5,10H2,1-2H3. The van der Waals surface area contributed by atoms with Crippen LogP contribution >= 0.6 is 0 Å². The SMILES string of the molecule is CCC(OC)c1noc(C(N)CCO)n1. The normalized spacial score (nSPS) is 15.2. The van der Waals surface area contributed by atoms with E-state index in [-0.39, 0.29) is 12.7 Å². The minimum absolute atomic E-state index is 0.000361. The van der Waals surface area contributed by atoms with Crippen LogP contribution in [-0.2, 0) is 4.74 Å². The highest BCUT2D eigenvalue weighted by atomic mass is 16.5. The third-order valence-electron chi connectivity index (χ3n) is 2.16. The molecule has 1 aromatic rings. The predicted molar refractivity (Wildman–Crippen MR) is 53.0 cm³/mol. The van der Waals surface area contributed by atoms with E-state index in [2.05, 4.69) is 10.1 Å². The lowest BCUT2D eigenvalue weighted by Gasteiger charge is -2.06. The van der Waals surface area contributed by atoms with Crippen molar-refractivity contribution in [2.24, 2.45) is 5.73 Å². The quantitative estimate of drug-likeness (QED) is 0.719. The number of aliphatic hydroxyl groups excluding tert-OH is 1. The zero-order valence-corrected chi connectivity index (χ0v) is 9.01. The smallest absolute Gasteiger partial charge is 0.243 e. The Labute approximate surface area is 88.4 Å². The first-order chi connectivity index (χ1) is 7.22. The number of nitrogens with two attached hydrogens (primary N) is 1. The molecule has 1 rings (SSSR count). The first-order valence-corrected chi connectivity index (χ1v) is 4.95. The molecule has 86 valence electrons. The fourth-order valence-electron chi connectivity index (χ4n) is 1.25. The number of hydrogen-bond donors (Lipinski definition) is 2. The van der Waals surface area contributed by atoms with E-state index in [0.29, 0.717) is 18.1 Å². The van der Waals surface area contributed by atoms with Crippen molar-refractivity contribution in [3.63, 3.8) is 0 Å². The summed E-state index contributed by atoms with van der Waals surface area (Å²) < 4.78 is 10.1. The van der Waals surface area contributed by atoms with Crippen LogP contribution in [0.25, 0.3) is 0 Å². The molecule has 0 spiro atoms. The second-order valence-corrected chi connectivity index (χ2v) is 3.24. The Morgan fingerprint density at radius 3 is 2.87 bits per heavy atom. The minimum Gasteiger partial charge on any atom is -0.396 e. The third-order valence-corrected chi connectivity index (χ3v) is 2.16. The van der Waals surface area contributed by atoms with Gasteiger partial charge in [0, 0.05) is 13.7 Å². The van der Waals surface area contributed by atoms with Gasteiger partial charge in [-0.2, -0.15) is 4.98 Å². The summed E-state index contributed by atoms with van der Waals surface area (Å²) in [6.45, 7) is 1.97. The van der Waals surface area contributed by atoms with E-state index in [1.807, 2.05) is 6.92 Å². The minimum atomic E-state index is -0.411. The summed E-state index contributed by atoms with van der Waals surface area (Å²) >= 11 is 0. The Morgan fingerprint density at radius 2 is 2.33 bits per heavy atom. The topological polar surface area (TPSA) is 94.4 Å². The lowest BCUT2D eigenvalue weighted by molar-refractivity contribution is 0.0903. The maximum Gasteiger partial charge on any atom is 0.243 e. The van der Waals surface area contributed by atoms with Gasteiger partial charge < -0.3 is 20.1 Å². The van der Waals surface area contributed by atoms with Crippen LogP contribution in [0.4, 0.5) is 0 Å². The van der Waals surface area contributed by atoms with Crippen molar-refractivity contribution in [2.45, 2.75) is 31.9 Å². The lowest BCUT2D eigenvalue weighted by Crippen LogP contribution is -2.12. The molecule has 0 fully saturated rings. The number of nitrogens with zero attached hydrogens (tertiary/aromatic N) is 2. The maximum absolute atomic E-state index is 8.71. The zero-order chi connectivity index (χ0) is 11.3. The first-order valence-electron chi connectivity index (χ1n) is 4.95. The van der Waals surface area contributed by atoms with Gasteiger partial charge in [-0.3, -0.25) is 0 Å². The van der Waals surface area contributed by atoms with Crippen molar-refractivity contribution in [3.8, 4) is 0 Å². The van der Waals surface area contributed by atoms with E-state index in [9.17, 15) is 0 Å². The Hall–Kier alpha value is -0.980. The van der Waals surface area contributed by atoms with Gasteiger partial charge in [0.2, 0.25) is 11.7 Å². The van der Waals surface area contributed by atoms with Gasteiger partial charge in [-0.25, -0.2) is 0 Å². The van der Waals surface area contributed by atoms with Crippen LogP contribution in [0.3, 0.4) is 0 Å². The van der Waals surface area contributed by atoms with E-state index in [1.165, 1.54) is 0 Å². The molecular weight excluding hydrogens is 198 g/mol. The van der Waals surface area contributed by atoms with Crippen molar-refractivity contribution in [1.82, 2.24) is 10.1 Å². The molecule has 15 heavy (non-hydrogen) atoms. The predicted octanol–water partition coefficient (Wildman–Crippen LogP) is 0.549. The van der Waals surface area contributed by atoms with Crippen molar-refractivity contribution >= 4 is 0 Å². The van der Waals surface area contributed by atoms with E-state index in [4.69, 9.17) is 20.1 Å². The van der Waals surface area contributed by atoms with E-state index >= 15 is 0 Å². The number of aliphatic hydroxyl groups is 1. The largest absolute Gasteiger partial charge is 0.396 e. The number of aromatic nitrogens is 2. The summed E-state index contributed by atoms with van der Waals surface area (Å²) in [7, 11) is 1.60. The van der Waals surface area contributed by atoms with E-state index in [1.54, 1.807) is 7.11 Å². The monoisotopic (exact) mass is 215 g/mol. The van der Waals surface area contributed by atoms with Crippen molar-refractivity contribution in [1.29, 1.82) is 0 Å². The number of hydrogen-bond acceptors (Lipinski definition) is 6. The highest BCUT2D eigenvalue weighted by molar-refractivity contribution is 4.94. The maximum atomic E-state index is 8.71. The molecule has 1 heterocycles. The molecule has 6 heteroatoms. The molecule has 2 atom stereocenters. The Morgan fingerprint density at radius 1 is 1.60 bits per heavy atom. The third kappa shape index (κ3) is 2.98. The van der Waals surface area contributed by atoms with Gasteiger partial charge in [0.1, 0.15) is 6.10 Å². The van der Waals surface area contributed by atoms with Gasteiger partial charge in [-0.1, -0.05) is 12.1 Å². The molecule has 0 saturated heterocycles.